The Kier molecular flexibility index (Phi) is 4.17. The molecule has 0 fully saturated rings. The fourth-order valence-corrected chi connectivity index (χ4v) is 2.45. The van der Waals surface area contributed by atoms with E-state index in [2.05, 4.69) is 11.1 Å². The predicted molar refractivity (Wildman–Crippen MR) is 69.8 cm³/mol. The van der Waals surface area contributed by atoms with Crippen molar-refractivity contribution in [3.05, 3.63) is 60.4 Å². The standard InChI is InChI=1S/C14H12N2S/c15-10-13(12-4-2-1-3-5-12)11-17-14-6-8-16-9-7-14/h1-9,13H,11H2. The van der Waals surface area contributed by atoms with Crippen LogP contribution >= 0.6 is 11.8 Å². The zero-order valence-electron chi connectivity index (χ0n) is 9.28. The summed E-state index contributed by atoms with van der Waals surface area (Å²) in [7, 11) is 0. The molecule has 0 aliphatic carbocycles. The lowest BCUT2D eigenvalue weighted by molar-refractivity contribution is 0.996. The summed E-state index contributed by atoms with van der Waals surface area (Å²) in [6.45, 7) is 0. The van der Waals surface area contributed by atoms with Gasteiger partial charge in [0.25, 0.3) is 0 Å². The molecule has 1 atom stereocenters. The number of pyridine rings is 1. The minimum Gasteiger partial charge on any atom is -0.265 e. The van der Waals surface area contributed by atoms with Gasteiger partial charge in [0.05, 0.1) is 12.0 Å². The molecule has 0 saturated carbocycles. The van der Waals surface area contributed by atoms with Gasteiger partial charge in [0.1, 0.15) is 0 Å². The van der Waals surface area contributed by atoms with Crippen molar-refractivity contribution in [3.8, 4) is 6.07 Å². The van der Waals surface area contributed by atoms with Gasteiger partial charge in [0, 0.05) is 23.0 Å². The van der Waals surface area contributed by atoms with Crippen LogP contribution in [0.1, 0.15) is 11.5 Å². The lowest BCUT2D eigenvalue weighted by Gasteiger charge is -2.08. The summed E-state index contributed by atoms with van der Waals surface area (Å²) in [6.07, 6.45) is 3.54. The summed E-state index contributed by atoms with van der Waals surface area (Å²) < 4.78 is 0. The molecule has 0 spiro atoms. The van der Waals surface area contributed by atoms with E-state index in [1.165, 1.54) is 0 Å². The Morgan fingerprint density at radius 3 is 2.47 bits per heavy atom. The van der Waals surface area contributed by atoms with Crippen LogP contribution in [0.2, 0.25) is 0 Å². The Bertz CT molecular complexity index is 491. The van der Waals surface area contributed by atoms with Crippen molar-refractivity contribution in [2.24, 2.45) is 0 Å². The number of benzene rings is 1. The molecule has 0 radical (unpaired) electrons. The van der Waals surface area contributed by atoms with Crippen LogP contribution < -0.4 is 0 Å². The van der Waals surface area contributed by atoms with Gasteiger partial charge in [0.2, 0.25) is 0 Å². The van der Waals surface area contributed by atoms with Crippen LogP contribution in [0.5, 0.6) is 0 Å². The number of hydrogen-bond acceptors (Lipinski definition) is 3. The van der Waals surface area contributed by atoms with Gasteiger partial charge in [-0.1, -0.05) is 30.3 Å². The third kappa shape index (κ3) is 3.33. The minimum absolute atomic E-state index is 0.0608. The van der Waals surface area contributed by atoms with Crippen LogP contribution in [-0.4, -0.2) is 10.7 Å². The van der Waals surface area contributed by atoms with E-state index in [0.717, 1.165) is 16.2 Å². The van der Waals surface area contributed by atoms with Gasteiger partial charge in [0.15, 0.2) is 0 Å². The number of nitriles is 1. The zero-order chi connectivity index (χ0) is 11.9. The van der Waals surface area contributed by atoms with Gasteiger partial charge in [-0.25, -0.2) is 0 Å². The molecule has 2 nitrogen and oxygen atoms in total. The molecule has 3 heteroatoms. The topological polar surface area (TPSA) is 36.7 Å². The average Bonchev–Trinajstić information content (AvgIpc) is 2.42. The summed E-state index contributed by atoms with van der Waals surface area (Å²) in [4.78, 5) is 5.12. The van der Waals surface area contributed by atoms with E-state index in [1.54, 1.807) is 24.2 Å². The highest BCUT2D eigenvalue weighted by molar-refractivity contribution is 7.99. The molecule has 2 aromatic rings. The molecule has 84 valence electrons. The Morgan fingerprint density at radius 1 is 1.12 bits per heavy atom. The van der Waals surface area contributed by atoms with Crippen molar-refractivity contribution in [1.29, 1.82) is 5.26 Å². The fraction of sp³-hybridized carbons (Fsp3) is 0.143. The van der Waals surface area contributed by atoms with Crippen molar-refractivity contribution in [3.63, 3.8) is 0 Å². The zero-order valence-corrected chi connectivity index (χ0v) is 10.1. The SMILES string of the molecule is N#CC(CSc1ccncc1)c1ccccc1. The second-order valence-electron chi connectivity index (χ2n) is 3.59. The van der Waals surface area contributed by atoms with Gasteiger partial charge < -0.3 is 0 Å². The van der Waals surface area contributed by atoms with E-state index >= 15 is 0 Å². The van der Waals surface area contributed by atoms with E-state index in [9.17, 15) is 5.26 Å². The largest absolute Gasteiger partial charge is 0.265 e. The Morgan fingerprint density at radius 2 is 1.82 bits per heavy atom. The third-order valence-electron chi connectivity index (χ3n) is 2.42. The molecule has 0 bridgehead atoms. The van der Waals surface area contributed by atoms with Crippen LogP contribution in [0, 0.1) is 11.3 Å². The van der Waals surface area contributed by atoms with Crippen LogP contribution in [0.3, 0.4) is 0 Å². The summed E-state index contributed by atoms with van der Waals surface area (Å²) in [5, 5.41) is 9.18. The molecule has 1 aromatic carbocycles. The first-order valence-corrected chi connectivity index (χ1v) is 6.36. The molecule has 0 aliphatic heterocycles. The smallest absolute Gasteiger partial charge is 0.0806 e. The highest BCUT2D eigenvalue weighted by Gasteiger charge is 2.10. The lowest BCUT2D eigenvalue weighted by atomic mass is 10.0. The Labute approximate surface area is 105 Å². The molecule has 1 heterocycles. The normalized spacial score (nSPS) is 11.7. The maximum atomic E-state index is 9.18. The number of hydrogen-bond donors (Lipinski definition) is 0. The van der Waals surface area contributed by atoms with Crippen molar-refractivity contribution < 1.29 is 0 Å². The van der Waals surface area contributed by atoms with Gasteiger partial charge >= 0.3 is 0 Å². The fourth-order valence-electron chi connectivity index (χ4n) is 1.51. The van der Waals surface area contributed by atoms with Gasteiger partial charge in [-0.05, 0) is 17.7 Å². The molecule has 0 amide bonds. The van der Waals surface area contributed by atoms with Gasteiger partial charge in [-0.15, -0.1) is 11.8 Å². The van der Waals surface area contributed by atoms with E-state index in [0.29, 0.717) is 0 Å². The molecule has 0 saturated heterocycles. The molecule has 1 unspecified atom stereocenters. The van der Waals surface area contributed by atoms with Crippen LogP contribution in [0.15, 0.2) is 59.8 Å². The summed E-state index contributed by atoms with van der Waals surface area (Å²) in [5.41, 5.74) is 1.08. The number of nitrogens with zero attached hydrogens (tertiary/aromatic N) is 2. The second-order valence-corrected chi connectivity index (χ2v) is 4.68. The van der Waals surface area contributed by atoms with Gasteiger partial charge in [-0.2, -0.15) is 5.26 Å². The molecule has 1 aromatic heterocycles. The van der Waals surface area contributed by atoms with Gasteiger partial charge in [-0.3, -0.25) is 4.98 Å². The molecule has 0 N–H and O–H groups in total. The molecule has 2 rings (SSSR count). The lowest BCUT2D eigenvalue weighted by Crippen LogP contribution is -1.98. The number of thioether (sulfide) groups is 1. The molecule has 17 heavy (non-hydrogen) atoms. The maximum Gasteiger partial charge on any atom is 0.0806 e. The van der Waals surface area contributed by atoms with Crippen molar-refractivity contribution in [2.45, 2.75) is 10.8 Å². The highest BCUT2D eigenvalue weighted by atomic mass is 32.2. The second kappa shape index (κ2) is 6.07. The molecule has 0 aliphatic rings. The third-order valence-corrected chi connectivity index (χ3v) is 3.53. The van der Waals surface area contributed by atoms with Crippen LogP contribution in [0.4, 0.5) is 0 Å². The minimum atomic E-state index is -0.0608. The average molecular weight is 240 g/mol. The first-order valence-electron chi connectivity index (χ1n) is 5.37. The van der Waals surface area contributed by atoms with E-state index in [-0.39, 0.29) is 5.92 Å². The van der Waals surface area contributed by atoms with Crippen molar-refractivity contribution >= 4 is 11.8 Å². The van der Waals surface area contributed by atoms with Crippen LogP contribution in [0.25, 0.3) is 0 Å². The quantitative estimate of drug-likeness (QED) is 0.768. The molecular formula is C14H12N2S. The monoisotopic (exact) mass is 240 g/mol. The van der Waals surface area contributed by atoms with Crippen molar-refractivity contribution in [1.82, 2.24) is 4.98 Å². The number of rotatable bonds is 4. The first-order chi connectivity index (χ1) is 8.40. The Hall–Kier alpha value is -1.79. The predicted octanol–water partition coefficient (Wildman–Crippen LogP) is 3.48. The molecular weight excluding hydrogens is 228 g/mol. The van der Waals surface area contributed by atoms with E-state index < -0.39 is 0 Å². The van der Waals surface area contributed by atoms with Crippen LogP contribution in [-0.2, 0) is 0 Å². The first kappa shape index (κ1) is 11.7. The Balaban J connectivity index is 2.01. The van der Waals surface area contributed by atoms with E-state index in [1.807, 2.05) is 42.5 Å². The summed E-state index contributed by atoms with van der Waals surface area (Å²) in [5.74, 6) is 0.708. The summed E-state index contributed by atoms with van der Waals surface area (Å²) in [6, 6.07) is 16.2. The maximum absolute atomic E-state index is 9.18. The van der Waals surface area contributed by atoms with Crippen molar-refractivity contribution in [2.75, 3.05) is 5.75 Å². The number of aromatic nitrogens is 1. The van der Waals surface area contributed by atoms with E-state index in [4.69, 9.17) is 0 Å². The highest BCUT2D eigenvalue weighted by Crippen LogP contribution is 2.25. The summed E-state index contributed by atoms with van der Waals surface area (Å²) >= 11 is 1.69.